The van der Waals surface area contributed by atoms with E-state index in [1.165, 1.54) is 0 Å². The molecule has 0 saturated carbocycles. The van der Waals surface area contributed by atoms with E-state index in [-0.39, 0.29) is 12.4 Å². The van der Waals surface area contributed by atoms with Gasteiger partial charge in [0.15, 0.2) is 0 Å². The average Bonchev–Trinajstić information content (AvgIpc) is 2.28. The number of aliphatic hydroxyl groups is 1. The van der Waals surface area contributed by atoms with Crippen LogP contribution >= 0.6 is 15.9 Å². The molecule has 0 radical (unpaired) electrons. The summed E-state index contributed by atoms with van der Waals surface area (Å²) in [6.07, 6.45) is 1.79. The van der Waals surface area contributed by atoms with Crippen LogP contribution in [0.4, 0.5) is 0 Å². The quantitative estimate of drug-likeness (QED) is 0.753. The molecule has 0 spiro atoms. The van der Waals surface area contributed by atoms with Crippen LogP contribution in [0.25, 0.3) is 0 Å². The highest BCUT2D eigenvalue weighted by atomic mass is 79.9. The first kappa shape index (κ1) is 13.5. The second-order valence-electron chi connectivity index (χ2n) is 3.93. The molecule has 90 valence electrons. The summed E-state index contributed by atoms with van der Waals surface area (Å²) in [6.45, 7) is 3.12. The largest absolute Gasteiger partial charge is 0.507 e. The van der Waals surface area contributed by atoms with E-state index >= 15 is 0 Å². The third-order valence-electron chi connectivity index (χ3n) is 2.46. The van der Waals surface area contributed by atoms with Crippen LogP contribution in [0.2, 0.25) is 0 Å². The van der Waals surface area contributed by atoms with Gasteiger partial charge in [-0.05, 0) is 53.4 Å². The molecule has 0 amide bonds. The molecular formula is C12H18BrNO2. The maximum atomic E-state index is 9.34. The molecule has 0 aliphatic rings. The lowest BCUT2D eigenvalue weighted by molar-refractivity contribution is 0.276. The predicted molar refractivity (Wildman–Crippen MR) is 68.4 cm³/mol. The van der Waals surface area contributed by atoms with E-state index in [2.05, 4.69) is 28.2 Å². The van der Waals surface area contributed by atoms with Gasteiger partial charge in [0, 0.05) is 19.2 Å². The van der Waals surface area contributed by atoms with E-state index in [4.69, 9.17) is 5.11 Å². The normalized spacial score (nSPS) is 12.7. The van der Waals surface area contributed by atoms with Crippen molar-refractivity contribution in [3.63, 3.8) is 0 Å². The topological polar surface area (TPSA) is 52.5 Å². The second kappa shape index (κ2) is 6.89. The van der Waals surface area contributed by atoms with Crippen LogP contribution in [0.3, 0.4) is 0 Å². The Morgan fingerprint density at radius 1 is 1.44 bits per heavy atom. The van der Waals surface area contributed by atoms with Gasteiger partial charge in [0.05, 0.1) is 4.47 Å². The first-order valence-electron chi connectivity index (χ1n) is 5.45. The number of nitrogens with one attached hydrogen (secondary N) is 1. The molecule has 0 aromatic heterocycles. The lowest BCUT2D eigenvalue weighted by atomic mass is 10.1. The molecule has 3 N–H and O–H groups in total. The third kappa shape index (κ3) is 4.51. The molecule has 16 heavy (non-hydrogen) atoms. The molecule has 0 bridgehead atoms. The molecule has 1 aromatic carbocycles. The van der Waals surface area contributed by atoms with Gasteiger partial charge in [-0.15, -0.1) is 0 Å². The highest BCUT2D eigenvalue weighted by Gasteiger charge is 2.03. The zero-order valence-corrected chi connectivity index (χ0v) is 11.0. The minimum absolute atomic E-state index is 0.247. The number of phenolic OH excluding ortho intramolecular Hbond substituents is 1. The maximum Gasteiger partial charge on any atom is 0.129 e. The van der Waals surface area contributed by atoms with Crippen molar-refractivity contribution in [3.05, 3.63) is 28.2 Å². The molecule has 0 fully saturated rings. The van der Waals surface area contributed by atoms with Crippen LogP contribution in [0.5, 0.6) is 5.75 Å². The SMILES string of the molecule is CC(CCCO)NCc1ccc(O)c(Br)c1. The average molecular weight is 288 g/mol. The van der Waals surface area contributed by atoms with Gasteiger partial charge in [0.25, 0.3) is 0 Å². The van der Waals surface area contributed by atoms with Crippen LogP contribution in [0.15, 0.2) is 22.7 Å². The first-order valence-corrected chi connectivity index (χ1v) is 6.24. The molecule has 3 nitrogen and oxygen atoms in total. The van der Waals surface area contributed by atoms with E-state index < -0.39 is 0 Å². The second-order valence-corrected chi connectivity index (χ2v) is 4.79. The minimum atomic E-state index is 0.247. The number of phenols is 1. The number of hydrogen-bond donors (Lipinski definition) is 3. The molecule has 1 rings (SSSR count). The Labute approximate surface area is 105 Å². The highest BCUT2D eigenvalue weighted by Crippen LogP contribution is 2.24. The van der Waals surface area contributed by atoms with Gasteiger partial charge in [-0.25, -0.2) is 0 Å². The Morgan fingerprint density at radius 3 is 2.81 bits per heavy atom. The van der Waals surface area contributed by atoms with Gasteiger partial charge in [0.2, 0.25) is 0 Å². The van der Waals surface area contributed by atoms with E-state index in [0.29, 0.717) is 6.04 Å². The molecule has 0 saturated heterocycles. The summed E-state index contributed by atoms with van der Waals surface area (Å²) in [6, 6.07) is 5.87. The molecule has 1 aromatic rings. The fourth-order valence-corrected chi connectivity index (χ4v) is 1.88. The zero-order valence-electron chi connectivity index (χ0n) is 9.41. The Kier molecular flexibility index (Phi) is 5.80. The summed E-state index contributed by atoms with van der Waals surface area (Å²) in [7, 11) is 0. The van der Waals surface area contributed by atoms with Gasteiger partial charge < -0.3 is 15.5 Å². The summed E-state index contributed by atoms with van der Waals surface area (Å²) in [5, 5.41) is 21.4. The maximum absolute atomic E-state index is 9.34. The summed E-state index contributed by atoms with van der Waals surface area (Å²) in [4.78, 5) is 0. The number of aliphatic hydroxyl groups excluding tert-OH is 1. The van der Waals surface area contributed by atoms with Gasteiger partial charge in [-0.2, -0.15) is 0 Å². The number of hydrogen-bond acceptors (Lipinski definition) is 3. The molecule has 0 heterocycles. The first-order chi connectivity index (χ1) is 7.63. The van der Waals surface area contributed by atoms with Gasteiger partial charge in [0.1, 0.15) is 5.75 Å². The van der Waals surface area contributed by atoms with Crippen molar-refractivity contribution in [1.82, 2.24) is 5.32 Å². The number of benzene rings is 1. The fraction of sp³-hybridized carbons (Fsp3) is 0.500. The van der Waals surface area contributed by atoms with E-state index in [0.717, 1.165) is 29.4 Å². The summed E-state index contributed by atoms with van der Waals surface area (Å²) in [5.41, 5.74) is 1.13. The smallest absolute Gasteiger partial charge is 0.129 e. The van der Waals surface area contributed by atoms with E-state index in [1.54, 1.807) is 6.07 Å². The summed E-state index contributed by atoms with van der Waals surface area (Å²) in [5.74, 6) is 0.261. The Bertz CT molecular complexity index is 331. The van der Waals surface area contributed by atoms with Crippen molar-refractivity contribution in [1.29, 1.82) is 0 Å². The molecule has 1 atom stereocenters. The Balaban J connectivity index is 2.39. The third-order valence-corrected chi connectivity index (χ3v) is 3.10. The van der Waals surface area contributed by atoms with Gasteiger partial charge in [-0.3, -0.25) is 0 Å². The van der Waals surface area contributed by atoms with Crippen molar-refractivity contribution in [2.24, 2.45) is 0 Å². The van der Waals surface area contributed by atoms with Crippen molar-refractivity contribution in [3.8, 4) is 5.75 Å². The lowest BCUT2D eigenvalue weighted by Gasteiger charge is -2.13. The fourth-order valence-electron chi connectivity index (χ4n) is 1.45. The van der Waals surface area contributed by atoms with Crippen LogP contribution in [-0.4, -0.2) is 22.9 Å². The van der Waals surface area contributed by atoms with E-state index in [1.807, 2.05) is 12.1 Å². The van der Waals surface area contributed by atoms with Crippen LogP contribution < -0.4 is 5.32 Å². The number of aromatic hydroxyl groups is 1. The predicted octanol–water partition coefficient (Wildman–Crippen LogP) is 2.41. The van der Waals surface area contributed by atoms with Gasteiger partial charge >= 0.3 is 0 Å². The van der Waals surface area contributed by atoms with Crippen LogP contribution in [0.1, 0.15) is 25.3 Å². The summed E-state index contributed by atoms with van der Waals surface area (Å²) >= 11 is 3.28. The van der Waals surface area contributed by atoms with E-state index in [9.17, 15) is 5.11 Å². The molecule has 1 unspecified atom stereocenters. The molecule has 0 aliphatic carbocycles. The van der Waals surface area contributed by atoms with Crippen LogP contribution in [-0.2, 0) is 6.54 Å². The van der Waals surface area contributed by atoms with Crippen molar-refractivity contribution in [2.75, 3.05) is 6.61 Å². The number of rotatable bonds is 6. The molecule has 4 heteroatoms. The molecular weight excluding hydrogens is 270 g/mol. The minimum Gasteiger partial charge on any atom is -0.507 e. The highest BCUT2D eigenvalue weighted by molar-refractivity contribution is 9.10. The van der Waals surface area contributed by atoms with Crippen molar-refractivity contribution >= 4 is 15.9 Å². The monoisotopic (exact) mass is 287 g/mol. The summed E-state index contributed by atoms with van der Waals surface area (Å²) < 4.78 is 0.717. The standard InChI is InChI=1S/C12H18BrNO2/c1-9(3-2-6-15)14-8-10-4-5-12(16)11(13)7-10/h4-5,7,9,14-16H,2-3,6,8H2,1H3. The van der Waals surface area contributed by atoms with Crippen molar-refractivity contribution < 1.29 is 10.2 Å². The van der Waals surface area contributed by atoms with Crippen LogP contribution in [0, 0.1) is 0 Å². The van der Waals surface area contributed by atoms with Crippen molar-refractivity contribution in [2.45, 2.75) is 32.4 Å². The zero-order chi connectivity index (χ0) is 12.0. The Hall–Kier alpha value is -0.580. The Morgan fingerprint density at radius 2 is 2.19 bits per heavy atom. The van der Waals surface area contributed by atoms with Gasteiger partial charge in [-0.1, -0.05) is 6.07 Å². The molecule has 0 aliphatic heterocycles. The number of halogens is 1. The lowest BCUT2D eigenvalue weighted by Crippen LogP contribution is -2.25.